The van der Waals surface area contributed by atoms with Crippen LogP contribution < -0.4 is 20.3 Å². The summed E-state index contributed by atoms with van der Waals surface area (Å²) in [6, 6.07) is 5.90. The van der Waals surface area contributed by atoms with Crippen molar-refractivity contribution in [1.29, 1.82) is 0 Å². The second-order valence-electron chi connectivity index (χ2n) is 6.86. The minimum Gasteiger partial charge on any atom is -0.497 e. The zero-order valence-electron chi connectivity index (χ0n) is 14.5. The number of pyridine rings is 1. The number of amides is 1. The van der Waals surface area contributed by atoms with Crippen LogP contribution in [0, 0.1) is 5.92 Å². The van der Waals surface area contributed by atoms with Gasteiger partial charge in [0, 0.05) is 11.9 Å². The quantitative estimate of drug-likeness (QED) is 0.895. The molecule has 0 atom stereocenters. The number of carbonyl (C=O) groups is 1. The standard InChI is InChI=1S/C19H24N4O2/c1-25-14-2-3-16-15(10-14)19-17(11-21-16)22-18(24)12-23(19)9-6-13-4-7-20-8-5-13/h2-3,10-11,13,20H,4-9,12H2,1H3,(H,22,24). The van der Waals surface area contributed by atoms with Gasteiger partial charge in [-0.2, -0.15) is 0 Å². The number of aromatic nitrogens is 1. The van der Waals surface area contributed by atoms with E-state index in [9.17, 15) is 4.79 Å². The van der Waals surface area contributed by atoms with Crippen LogP contribution in [0.5, 0.6) is 5.75 Å². The molecule has 2 N–H and O–H groups in total. The molecule has 2 aliphatic heterocycles. The molecule has 2 aliphatic rings. The van der Waals surface area contributed by atoms with Gasteiger partial charge in [0.15, 0.2) is 0 Å². The van der Waals surface area contributed by atoms with Crippen molar-refractivity contribution in [2.75, 3.05) is 43.5 Å². The van der Waals surface area contributed by atoms with Gasteiger partial charge in [-0.3, -0.25) is 9.78 Å². The topological polar surface area (TPSA) is 66.5 Å². The lowest BCUT2D eigenvalue weighted by Crippen LogP contribution is -2.40. The van der Waals surface area contributed by atoms with E-state index in [2.05, 4.69) is 20.5 Å². The number of benzene rings is 1. The highest BCUT2D eigenvalue weighted by Gasteiger charge is 2.25. The van der Waals surface area contributed by atoms with Gasteiger partial charge in [-0.1, -0.05) is 0 Å². The second kappa shape index (κ2) is 6.88. The van der Waals surface area contributed by atoms with E-state index in [1.165, 1.54) is 12.8 Å². The number of ether oxygens (including phenoxy) is 1. The molecule has 1 saturated heterocycles. The molecule has 6 nitrogen and oxygen atoms in total. The van der Waals surface area contributed by atoms with E-state index in [1.807, 2.05) is 18.2 Å². The number of nitrogens with zero attached hydrogens (tertiary/aromatic N) is 2. The summed E-state index contributed by atoms with van der Waals surface area (Å²) in [4.78, 5) is 18.8. The number of rotatable bonds is 4. The van der Waals surface area contributed by atoms with E-state index in [4.69, 9.17) is 4.74 Å². The van der Waals surface area contributed by atoms with Crippen molar-refractivity contribution in [3.8, 4) is 5.75 Å². The highest BCUT2D eigenvalue weighted by Crippen LogP contribution is 2.37. The van der Waals surface area contributed by atoms with E-state index in [0.717, 1.165) is 60.0 Å². The summed E-state index contributed by atoms with van der Waals surface area (Å²) in [5, 5.41) is 7.41. The molecular formula is C19H24N4O2. The van der Waals surface area contributed by atoms with Crippen LogP contribution >= 0.6 is 0 Å². The summed E-state index contributed by atoms with van der Waals surface area (Å²) in [6.45, 7) is 3.49. The third-order valence-electron chi connectivity index (χ3n) is 5.24. The fourth-order valence-corrected chi connectivity index (χ4v) is 3.86. The zero-order chi connectivity index (χ0) is 17.2. The first kappa shape index (κ1) is 16.1. The fraction of sp³-hybridized carbons (Fsp3) is 0.474. The van der Waals surface area contributed by atoms with Gasteiger partial charge in [0.2, 0.25) is 5.91 Å². The Hall–Kier alpha value is -2.34. The van der Waals surface area contributed by atoms with Crippen molar-refractivity contribution < 1.29 is 9.53 Å². The third kappa shape index (κ3) is 3.26. The van der Waals surface area contributed by atoms with E-state index in [0.29, 0.717) is 6.54 Å². The molecule has 0 bridgehead atoms. The highest BCUT2D eigenvalue weighted by molar-refractivity contribution is 6.08. The van der Waals surface area contributed by atoms with Gasteiger partial charge in [0.1, 0.15) is 5.75 Å². The predicted octanol–water partition coefficient (Wildman–Crippen LogP) is 2.39. The van der Waals surface area contributed by atoms with Crippen LogP contribution in [0.2, 0.25) is 0 Å². The maximum absolute atomic E-state index is 12.1. The van der Waals surface area contributed by atoms with Crippen LogP contribution in [0.15, 0.2) is 24.4 Å². The SMILES string of the molecule is COc1ccc2ncc3c(c2c1)N(CCC1CCNCC1)CC(=O)N3. The lowest BCUT2D eigenvalue weighted by Gasteiger charge is -2.33. The minimum absolute atomic E-state index is 0.0295. The van der Waals surface area contributed by atoms with Gasteiger partial charge in [0.25, 0.3) is 0 Å². The Morgan fingerprint density at radius 1 is 1.32 bits per heavy atom. The van der Waals surface area contributed by atoms with Gasteiger partial charge in [-0.15, -0.1) is 0 Å². The first-order chi connectivity index (χ1) is 12.2. The van der Waals surface area contributed by atoms with Gasteiger partial charge < -0.3 is 20.3 Å². The Labute approximate surface area is 147 Å². The maximum atomic E-state index is 12.1. The summed E-state index contributed by atoms with van der Waals surface area (Å²) < 4.78 is 5.38. The molecular weight excluding hydrogens is 316 g/mol. The molecule has 2 aromatic rings. The average Bonchev–Trinajstić information content (AvgIpc) is 2.66. The zero-order valence-corrected chi connectivity index (χ0v) is 14.5. The molecule has 0 aliphatic carbocycles. The van der Waals surface area contributed by atoms with Crippen LogP contribution in [0.4, 0.5) is 11.4 Å². The molecule has 0 saturated carbocycles. The van der Waals surface area contributed by atoms with Crippen LogP contribution in [-0.4, -0.2) is 44.2 Å². The monoisotopic (exact) mass is 340 g/mol. The highest BCUT2D eigenvalue weighted by atomic mass is 16.5. The number of anilines is 2. The van der Waals surface area contributed by atoms with Crippen LogP contribution in [0.3, 0.4) is 0 Å². The van der Waals surface area contributed by atoms with E-state index < -0.39 is 0 Å². The molecule has 0 unspecified atom stereocenters. The van der Waals surface area contributed by atoms with Gasteiger partial charge >= 0.3 is 0 Å². The fourth-order valence-electron chi connectivity index (χ4n) is 3.86. The molecule has 25 heavy (non-hydrogen) atoms. The lowest BCUT2D eigenvalue weighted by atomic mass is 9.94. The molecule has 3 heterocycles. The Kier molecular flexibility index (Phi) is 4.44. The van der Waals surface area contributed by atoms with Crippen LogP contribution in [-0.2, 0) is 4.79 Å². The lowest BCUT2D eigenvalue weighted by molar-refractivity contribution is -0.115. The summed E-state index contributed by atoms with van der Waals surface area (Å²) in [5.74, 6) is 1.57. The van der Waals surface area contributed by atoms with Crippen molar-refractivity contribution >= 4 is 28.2 Å². The number of hydrogen-bond donors (Lipinski definition) is 2. The molecule has 6 heteroatoms. The number of hydrogen-bond acceptors (Lipinski definition) is 5. The Balaban J connectivity index is 1.67. The van der Waals surface area contributed by atoms with Crippen molar-refractivity contribution in [3.05, 3.63) is 24.4 Å². The number of methoxy groups -OCH3 is 1. The Morgan fingerprint density at radius 3 is 2.96 bits per heavy atom. The smallest absolute Gasteiger partial charge is 0.243 e. The van der Waals surface area contributed by atoms with E-state index >= 15 is 0 Å². The first-order valence-electron chi connectivity index (χ1n) is 8.97. The van der Waals surface area contributed by atoms with Gasteiger partial charge in [-0.05, 0) is 56.5 Å². The Bertz CT molecular complexity index is 786. The summed E-state index contributed by atoms with van der Waals surface area (Å²) in [5.41, 5.74) is 2.78. The third-order valence-corrected chi connectivity index (χ3v) is 5.24. The van der Waals surface area contributed by atoms with Crippen molar-refractivity contribution in [2.24, 2.45) is 5.92 Å². The van der Waals surface area contributed by atoms with Crippen LogP contribution in [0.25, 0.3) is 10.9 Å². The molecule has 0 radical (unpaired) electrons. The maximum Gasteiger partial charge on any atom is 0.243 e. The summed E-state index contributed by atoms with van der Waals surface area (Å²) >= 11 is 0. The summed E-state index contributed by atoms with van der Waals surface area (Å²) in [7, 11) is 1.67. The number of piperidine rings is 1. The van der Waals surface area contributed by atoms with Gasteiger partial charge in [0.05, 0.1) is 36.7 Å². The molecule has 1 aromatic carbocycles. The molecule has 0 spiro atoms. The molecule has 1 amide bonds. The van der Waals surface area contributed by atoms with Crippen molar-refractivity contribution in [3.63, 3.8) is 0 Å². The predicted molar refractivity (Wildman–Crippen MR) is 99.3 cm³/mol. The van der Waals surface area contributed by atoms with Crippen LogP contribution in [0.1, 0.15) is 19.3 Å². The van der Waals surface area contributed by atoms with Crippen molar-refractivity contribution in [2.45, 2.75) is 19.3 Å². The molecule has 4 rings (SSSR count). The summed E-state index contributed by atoms with van der Waals surface area (Å²) in [6.07, 6.45) is 5.32. The number of nitrogens with one attached hydrogen (secondary N) is 2. The largest absolute Gasteiger partial charge is 0.497 e. The van der Waals surface area contributed by atoms with E-state index in [1.54, 1.807) is 13.3 Å². The molecule has 132 valence electrons. The van der Waals surface area contributed by atoms with Gasteiger partial charge in [-0.25, -0.2) is 0 Å². The minimum atomic E-state index is 0.0295. The average molecular weight is 340 g/mol. The number of carbonyl (C=O) groups excluding carboxylic acids is 1. The Morgan fingerprint density at radius 2 is 2.16 bits per heavy atom. The van der Waals surface area contributed by atoms with Crippen molar-refractivity contribution in [1.82, 2.24) is 10.3 Å². The molecule has 1 aromatic heterocycles. The first-order valence-corrected chi connectivity index (χ1v) is 8.97. The van der Waals surface area contributed by atoms with E-state index in [-0.39, 0.29) is 5.91 Å². The second-order valence-corrected chi connectivity index (χ2v) is 6.86. The normalized spacial score (nSPS) is 18.1. The molecule has 1 fully saturated rings. The number of fused-ring (bicyclic) bond motifs is 3.